The molecule has 0 aliphatic carbocycles. The molecule has 84 valence electrons. The molecule has 0 radical (unpaired) electrons. The number of unbranched alkanes of at least 4 members (excludes halogenated alkanes) is 2. The molecule has 0 N–H and O–H groups in total. The molecule has 0 saturated carbocycles. The second kappa shape index (κ2) is 205. The molecule has 13 heavy (non-hydrogen) atoms. The Bertz CT molecular complexity index is 19.2. The summed E-state index contributed by atoms with van der Waals surface area (Å²) in [6.45, 7) is 24.4. The van der Waals surface area contributed by atoms with Gasteiger partial charge in [-0.05, 0) is 0 Å². The lowest BCUT2D eigenvalue weighted by Crippen LogP contribution is -1.59. The van der Waals surface area contributed by atoms with Crippen LogP contribution in [0.15, 0.2) is 26.3 Å². The summed E-state index contributed by atoms with van der Waals surface area (Å²) >= 11 is 0. The molecule has 0 saturated heterocycles. The lowest BCUT2D eigenvalue weighted by atomic mass is 10.3. The Morgan fingerprint density at radius 1 is 0.615 bits per heavy atom. The summed E-state index contributed by atoms with van der Waals surface area (Å²) in [5.74, 6) is 0. The predicted octanol–water partition coefficient (Wildman–Crippen LogP) is 5.85. The van der Waals surface area contributed by atoms with E-state index >= 15 is 0 Å². The van der Waals surface area contributed by atoms with E-state index < -0.39 is 0 Å². The lowest BCUT2D eigenvalue weighted by Gasteiger charge is -1.79. The Hall–Kier alpha value is -0.520. The number of hydrogen-bond acceptors (Lipinski definition) is 0. The molecule has 0 heterocycles. The summed E-state index contributed by atoms with van der Waals surface area (Å²) in [4.78, 5) is 0. The number of hydrogen-bond donors (Lipinski definition) is 0. The zero-order chi connectivity index (χ0) is 12.1. The molecule has 0 aliphatic rings. The standard InChI is InChI=1S/C5H12.2C2H6.2C2H4/c1-3-5-4-2;4*1-2/h3-5H2,1-2H3;2*1-2H3;2*1-2H2. The van der Waals surface area contributed by atoms with Gasteiger partial charge < -0.3 is 0 Å². The van der Waals surface area contributed by atoms with Gasteiger partial charge in [0.25, 0.3) is 0 Å². The topological polar surface area (TPSA) is 0 Å². The van der Waals surface area contributed by atoms with Gasteiger partial charge in [0, 0.05) is 0 Å². The van der Waals surface area contributed by atoms with E-state index in [-0.39, 0.29) is 0 Å². The van der Waals surface area contributed by atoms with Gasteiger partial charge in [-0.15, -0.1) is 26.3 Å². The zero-order valence-corrected chi connectivity index (χ0v) is 10.9. The molecule has 0 bridgehead atoms. The van der Waals surface area contributed by atoms with Gasteiger partial charge in [-0.1, -0.05) is 60.8 Å². The highest BCUT2D eigenvalue weighted by molar-refractivity contribution is 4.24. The van der Waals surface area contributed by atoms with Crippen molar-refractivity contribution < 1.29 is 0 Å². The first kappa shape index (κ1) is 29.4. The maximum absolute atomic E-state index is 3.00. The number of rotatable bonds is 2. The monoisotopic (exact) mass is 188 g/mol. The van der Waals surface area contributed by atoms with E-state index in [4.69, 9.17) is 0 Å². The molecule has 0 aromatic rings. The Labute approximate surface area is 87.8 Å². The van der Waals surface area contributed by atoms with Crippen molar-refractivity contribution in [3.63, 3.8) is 0 Å². The molecule has 0 atom stereocenters. The normalized spacial score (nSPS) is 4.77. The third kappa shape index (κ3) is 471. The second-order valence-corrected chi connectivity index (χ2v) is 1.35. The fourth-order valence-electron chi connectivity index (χ4n) is 0.354. The van der Waals surface area contributed by atoms with Crippen LogP contribution in [-0.4, -0.2) is 0 Å². The molecule has 0 aliphatic heterocycles. The van der Waals surface area contributed by atoms with Crippen LogP contribution < -0.4 is 0 Å². The van der Waals surface area contributed by atoms with Crippen LogP contribution in [0.4, 0.5) is 0 Å². The average molecular weight is 188 g/mol. The SMILES string of the molecule is C=C.C=C.CC.CC.CCCCC. The summed E-state index contributed by atoms with van der Waals surface area (Å²) in [6.07, 6.45) is 4.08. The van der Waals surface area contributed by atoms with Crippen molar-refractivity contribution in [2.75, 3.05) is 0 Å². The van der Waals surface area contributed by atoms with E-state index in [1.165, 1.54) is 19.3 Å². The Morgan fingerprint density at radius 2 is 0.769 bits per heavy atom. The molecular weight excluding hydrogens is 156 g/mol. The molecule has 0 aromatic heterocycles. The van der Waals surface area contributed by atoms with Crippen LogP contribution in [0.2, 0.25) is 0 Å². The minimum atomic E-state index is 1.34. The Balaban J connectivity index is -0.0000000230. The van der Waals surface area contributed by atoms with Crippen molar-refractivity contribution in [3.8, 4) is 0 Å². The average Bonchev–Trinajstić information content (AvgIpc) is 2.30. The van der Waals surface area contributed by atoms with Crippen LogP contribution in [0, 0.1) is 0 Å². The van der Waals surface area contributed by atoms with E-state index in [9.17, 15) is 0 Å². The first-order valence-corrected chi connectivity index (χ1v) is 5.41. The molecule has 0 unspecified atom stereocenters. The molecular formula is C13H32. The van der Waals surface area contributed by atoms with E-state index in [1.807, 2.05) is 27.7 Å². The molecule has 0 fully saturated rings. The summed E-state index contributed by atoms with van der Waals surface area (Å²) in [5.41, 5.74) is 0. The molecule has 0 heteroatoms. The van der Waals surface area contributed by atoms with E-state index in [0.717, 1.165) is 0 Å². The summed E-state index contributed by atoms with van der Waals surface area (Å²) in [6, 6.07) is 0. The van der Waals surface area contributed by atoms with Crippen molar-refractivity contribution in [2.24, 2.45) is 0 Å². The maximum atomic E-state index is 3.00. The van der Waals surface area contributed by atoms with Gasteiger partial charge in [-0.25, -0.2) is 0 Å². The van der Waals surface area contributed by atoms with E-state index in [2.05, 4.69) is 40.2 Å². The Kier molecular flexibility index (Phi) is 464. The minimum Gasteiger partial charge on any atom is -0.106 e. The van der Waals surface area contributed by atoms with Crippen molar-refractivity contribution in [1.29, 1.82) is 0 Å². The van der Waals surface area contributed by atoms with Crippen LogP contribution in [0.5, 0.6) is 0 Å². The molecule has 0 spiro atoms. The van der Waals surface area contributed by atoms with Crippen LogP contribution in [0.1, 0.15) is 60.8 Å². The highest BCUT2D eigenvalue weighted by atomic mass is 13.7. The highest BCUT2D eigenvalue weighted by Crippen LogP contribution is 1.88. The van der Waals surface area contributed by atoms with E-state index in [0.29, 0.717) is 0 Å². The van der Waals surface area contributed by atoms with Gasteiger partial charge in [-0.3, -0.25) is 0 Å². The smallest absolute Gasteiger partial charge is 0.0538 e. The van der Waals surface area contributed by atoms with Gasteiger partial charge >= 0.3 is 0 Å². The second-order valence-electron chi connectivity index (χ2n) is 1.35. The van der Waals surface area contributed by atoms with Gasteiger partial charge in [0.1, 0.15) is 0 Å². The molecule has 0 amide bonds. The van der Waals surface area contributed by atoms with Crippen LogP contribution >= 0.6 is 0 Å². The van der Waals surface area contributed by atoms with Crippen molar-refractivity contribution in [1.82, 2.24) is 0 Å². The fraction of sp³-hybridized carbons (Fsp3) is 0.692. The quantitative estimate of drug-likeness (QED) is 0.477. The van der Waals surface area contributed by atoms with Crippen molar-refractivity contribution in [3.05, 3.63) is 26.3 Å². The molecule has 0 aromatic carbocycles. The lowest BCUT2D eigenvalue weighted by molar-refractivity contribution is 0.772. The minimum absolute atomic E-state index is 1.34. The third-order valence-electron chi connectivity index (χ3n) is 0.707. The van der Waals surface area contributed by atoms with Gasteiger partial charge in [-0.2, -0.15) is 0 Å². The molecule has 0 nitrogen and oxygen atoms in total. The zero-order valence-electron chi connectivity index (χ0n) is 10.9. The van der Waals surface area contributed by atoms with Crippen molar-refractivity contribution >= 4 is 0 Å². The first-order chi connectivity index (χ1) is 6.41. The van der Waals surface area contributed by atoms with Gasteiger partial charge in [0.2, 0.25) is 0 Å². The molecule has 0 rings (SSSR count). The van der Waals surface area contributed by atoms with Crippen LogP contribution in [0.3, 0.4) is 0 Å². The third-order valence-corrected chi connectivity index (χ3v) is 0.707. The Morgan fingerprint density at radius 3 is 0.769 bits per heavy atom. The van der Waals surface area contributed by atoms with E-state index in [1.54, 1.807) is 0 Å². The van der Waals surface area contributed by atoms with Crippen LogP contribution in [-0.2, 0) is 0 Å². The van der Waals surface area contributed by atoms with Crippen molar-refractivity contribution in [2.45, 2.75) is 60.8 Å². The predicted molar refractivity (Wildman–Crippen MR) is 70.4 cm³/mol. The first-order valence-electron chi connectivity index (χ1n) is 5.41. The maximum Gasteiger partial charge on any atom is -0.0538 e. The van der Waals surface area contributed by atoms with Gasteiger partial charge in [0.15, 0.2) is 0 Å². The van der Waals surface area contributed by atoms with Gasteiger partial charge in [0.05, 0.1) is 0 Å². The summed E-state index contributed by atoms with van der Waals surface area (Å²) in [5, 5.41) is 0. The summed E-state index contributed by atoms with van der Waals surface area (Å²) in [7, 11) is 0. The highest BCUT2D eigenvalue weighted by Gasteiger charge is 1.68. The van der Waals surface area contributed by atoms with Crippen LogP contribution in [0.25, 0.3) is 0 Å². The summed E-state index contributed by atoms with van der Waals surface area (Å²) < 4.78 is 0. The largest absolute Gasteiger partial charge is 0.106 e. The fourth-order valence-corrected chi connectivity index (χ4v) is 0.354.